The Bertz CT molecular complexity index is 1280. The first-order chi connectivity index (χ1) is 15.0. The molecular formula is C25H21ClN2O3. The number of aromatic hydroxyl groups is 1. The molecule has 0 radical (unpaired) electrons. The van der Waals surface area contributed by atoms with Gasteiger partial charge in [0.15, 0.2) is 0 Å². The molecule has 31 heavy (non-hydrogen) atoms. The molecule has 0 saturated carbocycles. The quantitative estimate of drug-likeness (QED) is 0.458. The summed E-state index contributed by atoms with van der Waals surface area (Å²) in [7, 11) is 0. The fourth-order valence-electron chi connectivity index (χ4n) is 5.47. The van der Waals surface area contributed by atoms with Crippen LogP contribution in [-0.2, 0) is 17.6 Å². The number of hydrogen-bond acceptors (Lipinski definition) is 3. The van der Waals surface area contributed by atoms with E-state index in [1.54, 1.807) is 11.0 Å². The van der Waals surface area contributed by atoms with Crippen molar-refractivity contribution in [3.8, 4) is 5.75 Å². The first-order valence-corrected chi connectivity index (χ1v) is 11.1. The molecule has 3 aliphatic rings. The van der Waals surface area contributed by atoms with Crippen LogP contribution in [0.15, 0.2) is 47.5 Å². The van der Waals surface area contributed by atoms with E-state index < -0.39 is 0 Å². The summed E-state index contributed by atoms with van der Waals surface area (Å²) in [6.07, 6.45) is 2.55. The van der Waals surface area contributed by atoms with Crippen LogP contribution in [0.3, 0.4) is 0 Å². The van der Waals surface area contributed by atoms with Crippen molar-refractivity contribution in [2.45, 2.75) is 31.6 Å². The zero-order chi connectivity index (χ0) is 21.3. The molecule has 2 N–H and O–H groups in total. The third kappa shape index (κ3) is 2.76. The number of aromatic amines is 1. The van der Waals surface area contributed by atoms with Crippen molar-refractivity contribution < 1.29 is 14.7 Å². The number of anilines is 1. The van der Waals surface area contributed by atoms with Gasteiger partial charge in [-0.3, -0.25) is 9.59 Å². The molecule has 5 nitrogen and oxygen atoms in total. The van der Waals surface area contributed by atoms with E-state index >= 15 is 0 Å². The maximum Gasteiger partial charge on any atom is 0.274 e. The molecule has 6 heteroatoms. The molecule has 156 valence electrons. The van der Waals surface area contributed by atoms with Crippen LogP contribution in [0.2, 0.25) is 0 Å². The van der Waals surface area contributed by atoms with Gasteiger partial charge in [0.1, 0.15) is 17.2 Å². The maximum atomic E-state index is 13.5. The average molecular weight is 433 g/mol. The second-order valence-electron chi connectivity index (χ2n) is 8.78. The Morgan fingerprint density at radius 1 is 1.10 bits per heavy atom. The summed E-state index contributed by atoms with van der Waals surface area (Å²) in [5, 5.41) is 12.3. The number of allylic oxidation sites excluding steroid dienone is 2. The Morgan fingerprint density at radius 2 is 1.84 bits per heavy atom. The van der Waals surface area contributed by atoms with E-state index in [-0.39, 0.29) is 17.6 Å². The molecule has 1 aliphatic heterocycles. The van der Waals surface area contributed by atoms with Gasteiger partial charge >= 0.3 is 0 Å². The van der Waals surface area contributed by atoms with E-state index in [0.717, 1.165) is 46.1 Å². The number of aromatic nitrogens is 1. The summed E-state index contributed by atoms with van der Waals surface area (Å²) < 4.78 is 0. The van der Waals surface area contributed by atoms with Gasteiger partial charge in [-0.15, -0.1) is 11.6 Å². The number of hydrogen-bond donors (Lipinski definition) is 2. The first kappa shape index (κ1) is 18.7. The molecule has 0 saturated heterocycles. The first-order valence-electron chi connectivity index (χ1n) is 10.6. The number of ketones is 1. The van der Waals surface area contributed by atoms with Crippen LogP contribution in [0.25, 0.3) is 10.8 Å². The Labute approximate surface area is 184 Å². The second kappa shape index (κ2) is 6.72. The number of alkyl halides is 1. The van der Waals surface area contributed by atoms with E-state index in [1.165, 1.54) is 11.1 Å². The largest absolute Gasteiger partial charge is 0.507 e. The summed E-state index contributed by atoms with van der Waals surface area (Å²) in [6.45, 7) is 0.484. The minimum absolute atomic E-state index is 0.00665. The highest BCUT2D eigenvalue weighted by molar-refractivity contribution is 6.19. The van der Waals surface area contributed by atoms with Gasteiger partial charge in [-0.05, 0) is 29.0 Å². The standard InChI is InChI=1S/C25H21ClN2O3/c26-11-16-12-28(22-10-23(30)18-3-1-2-4-19(18)24(16)22)25(31)21-9-15-5-13-6-17(29)7-14(13)8-20(15)27-21/h1-4,9-10,16,27,30H,5-8,11-12H2/t16-/m1/s1. The lowest BCUT2D eigenvalue weighted by Gasteiger charge is -2.17. The highest BCUT2D eigenvalue weighted by atomic mass is 35.5. The van der Waals surface area contributed by atoms with Gasteiger partial charge in [0, 0.05) is 54.8 Å². The van der Waals surface area contributed by atoms with E-state index in [9.17, 15) is 14.7 Å². The van der Waals surface area contributed by atoms with Crippen molar-refractivity contribution in [3.05, 3.63) is 70.1 Å². The Morgan fingerprint density at radius 3 is 2.61 bits per heavy atom. The molecule has 2 heterocycles. The number of fused-ring (bicyclic) bond motifs is 4. The minimum Gasteiger partial charge on any atom is -0.507 e. The number of carbonyl (C=O) groups is 2. The zero-order valence-corrected chi connectivity index (χ0v) is 17.6. The van der Waals surface area contributed by atoms with Gasteiger partial charge in [0.2, 0.25) is 0 Å². The topological polar surface area (TPSA) is 73.4 Å². The second-order valence-corrected chi connectivity index (χ2v) is 9.09. The average Bonchev–Trinajstić information content (AvgIpc) is 3.44. The van der Waals surface area contributed by atoms with E-state index in [2.05, 4.69) is 4.98 Å². The van der Waals surface area contributed by atoms with Crippen LogP contribution < -0.4 is 4.90 Å². The molecule has 3 aromatic rings. The Balaban J connectivity index is 1.38. The van der Waals surface area contributed by atoms with Crippen LogP contribution in [0.1, 0.15) is 46.1 Å². The lowest BCUT2D eigenvalue weighted by atomic mass is 9.92. The molecule has 2 aromatic carbocycles. The fraction of sp³-hybridized carbons (Fsp3) is 0.280. The molecule has 1 amide bonds. The molecule has 0 bridgehead atoms. The van der Waals surface area contributed by atoms with Gasteiger partial charge in [0.05, 0.1) is 5.69 Å². The van der Waals surface area contributed by atoms with Gasteiger partial charge in [-0.2, -0.15) is 0 Å². The molecule has 2 aliphatic carbocycles. The van der Waals surface area contributed by atoms with E-state index in [4.69, 9.17) is 11.6 Å². The van der Waals surface area contributed by atoms with Crippen molar-refractivity contribution in [1.82, 2.24) is 4.98 Å². The number of nitrogens with zero attached hydrogens (tertiary/aromatic N) is 1. The number of benzene rings is 2. The summed E-state index contributed by atoms with van der Waals surface area (Å²) in [5.74, 6) is 0.747. The van der Waals surface area contributed by atoms with Gasteiger partial charge in [-0.25, -0.2) is 0 Å². The predicted octanol–water partition coefficient (Wildman–Crippen LogP) is 4.61. The molecule has 0 fully saturated rings. The Hall–Kier alpha value is -3.05. The number of amides is 1. The smallest absolute Gasteiger partial charge is 0.274 e. The van der Waals surface area contributed by atoms with Crippen molar-refractivity contribution in [3.63, 3.8) is 0 Å². The molecule has 6 rings (SSSR count). The lowest BCUT2D eigenvalue weighted by molar-refractivity contribution is -0.117. The van der Waals surface area contributed by atoms with Crippen molar-refractivity contribution in [2.75, 3.05) is 17.3 Å². The third-order valence-electron chi connectivity index (χ3n) is 6.91. The van der Waals surface area contributed by atoms with Crippen LogP contribution in [0.5, 0.6) is 5.75 Å². The van der Waals surface area contributed by atoms with Gasteiger partial charge in [-0.1, -0.05) is 35.4 Å². The lowest BCUT2D eigenvalue weighted by Crippen LogP contribution is -2.30. The van der Waals surface area contributed by atoms with Gasteiger partial charge in [0.25, 0.3) is 5.91 Å². The van der Waals surface area contributed by atoms with Gasteiger partial charge < -0.3 is 15.0 Å². The van der Waals surface area contributed by atoms with E-state index in [1.807, 2.05) is 30.3 Å². The SMILES string of the molecule is O=C1CC2=C(C1)Cc1[nH]c(C(=O)N3C[C@@H](CCl)c4c3cc(O)c3ccccc43)cc1C2. The predicted molar refractivity (Wildman–Crippen MR) is 120 cm³/mol. The highest BCUT2D eigenvalue weighted by Crippen LogP contribution is 2.45. The maximum absolute atomic E-state index is 13.5. The van der Waals surface area contributed by atoms with Crippen molar-refractivity contribution in [1.29, 1.82) is 0 Å². The number of phenols is 1. The number of phenolic OH excluding ortho intramolecular Hbond substituents is 1. The molecule has 1 aromatic heterocycles. The number of Topliss-reactive ketones (excluding diaryl/α,β-unsaturated/α-hetero) is 1. The summed E-state index contributed by atoms with van der Waals surface area (Å²) >= 11 is 6.30. The summed E-state index contributed by atoms with van der Waals surface area (Å²) in [4.78, 5) is 30.4. The molecule has 0 unspecified atom stereocenters. The summed E-state index contributed by atoms with van der Waals surface area (Å²) in [6, 6.07) is 11.3. The Kier molecular flexibility index (Phi) is 4.06. The van der Waals surface area contributed by atoms with Crippen LogP contribution in [0, 0.1) is 0 Å². The monoisotopic (exact) mass is 432 g/mol. The normalized spacial score (nSPS) is 19.7. The van der Waals surface area contributed by atoms with Crippen LogP contribution in [-0.4, -0.2) is 34.2 Å². The molecule has 0 spiro atoms. The van der Waals surface area contributed by atoms with Crippen LogP contribution >= 0.6 is 11.6 Å². The number of rotatable bonds is 2. The van der Waals surface area contributed by atoms with E-state index in [0.29, 0.717) is 36.7 Å². The number of carbonyl (C=O) groups excluding carboxylic acids is 2. The summed E-state index contributed by atoms with van der Waals surface area (Å²) in [5.41, 5.74) is 6.87. The molecular weight excluding hydrogens is 412 g/mol. The van der Waals surface area contributed by atoms with Crippen molar-refractivity contribution >= 4 is 39.8 Å². The highest BCUT2D eigenvalue weighted by Gasteiger charge is 2.36. The van der Waals surface area contributed by atoms with Crippen LogP contribution in [0.4, 0.5) is 5.69 Å². The number of H-pyrrole nitrogens is 1. The zero-order valence-electron chi connectivity index (χ0n) is 16.9. The fourth-order valence-corrected chi connectivity index (χ4v) is 5.72. The molecule has 1 atom stereocenters. The number of nitrogens with one attached hydrogen (secondary N) is 1. The third-order valence-corrected chi connectivity index (χ3v) is 7.29. The number of halogens is 1. The van der Waals surface area contributed by atoms with Crippen molar-refractivity contribution in [2.24, 2.45) is 0 Å². The minimum atomic E-state index is -0.116.